The zero-order valence-corrected chi connectivity index (χ0v) is 18.9. The van der Waals surface area contributed by atoms with Crippen LogP contribution in [-0.2, 0) is 0 Å². The van der Waals surface area contributed by atoms with Gasteiger partial charge in [0, 0.05) is 28.4 Å². The van der Waals surface area contributed by atoms with Crippen LogP contribution in [0.25, 0.3) is 10.9 Å². The molecule has 0 aliphatic heterocycles. The first-order valence-corrected chi connectivity index (χ1v) is 11.9. The maximum absolute atomic E-state index is 13.7. The van der Waals surface area contributed by atoms with Crippen molar-refractivity contribution in [2.24, 2.45) is 0 Å². The summed E-state index contributed by atoms with van der Waals surface area (Å²) in [6, 6.07) is 25.8. The Hall–Kier alpha value is -3.42. The van der Waals surface area contributed by atoms with Crippen LogP contribution in [0.4, 0.5) is 10.8 Å². The number of fused-ring (bicyclic) bond motifs is 1. The number of rotatable bonds is 7. The minimum atomic E-state index is -0.421. The first-order valence-electron chi connectivity index (χ1n) is 10.2. The highest BCUT2D eigenvalue weighted by Gasteiger charge is 2.27. The average Bonchev–Trinajstić information content (AvgIpc) is 3.44. The minimum Gasteiger partial charge on any atom is -0.360 e. The topological polar surface area (TPSA) is 70.7 Å². The van der Waals surface area contributed by atoms with E-state index < -0.39 is 5.25 Å². The average molecular weight is 457 g/mol. The third-order valence-electron chi connectivity index (χ3n) is 5.09. The predicted octanol–water partition coefficient (Wildman–Crippen LogP) is 6.79. The summed E-state index contributed by atoms with van der Waals surface area (Å²) in [6.07, 6.45) is 1.80. The maximum Gasteiger partial charge on any atom is 0.210 e. The number of H-pyrrole nitrogens is 1. The van der Waals surface area contributed by atoms with Crippen molar-refractivity contribution in [1.29, 1.82) is 0 Å². The lowest BCUT2D eigenvalue weighted by molar-refractivity contribution is 0.0991. The second kappa shape index (κ2) is 8.98. The molecule has 158 valence electrons. The first kappa shape index (κ1) is 20.5. The van der Waals surface area contributed by atoms with E-state index in [0.717, 1.165) is 26.5 Å². The third-order valence-corrected chi connectivity index (χ3v) is 7.27. The Morgan fingerprint density at radius 2 is 1.81 bits per heavy atom. The smallest absolute Gasteiger partial charge is 0.210 e. The molecule has 0 spiro atoms. The molecule has 1 unspecified atom stereocenters. The normalized spacial score (nSPS) is 12.0. The van der Waals surface area contributed by atoms with Crippen molar-refractivity contribution in [2.75, 3.05) is 5.32 Å². The fourth-order valence-electron chi connectivity index (χ4n) is 3.57. The number of carbonyl (C=O) groups is 1. The van der Waals surface area contributed by atoms with Gasteiger partial charge >= 0.3 is 0 Å². The first-order chi connectivity index (χ1) is 15.7. The van der Waals surface area contributed by atoms with Gasteiger partial charge in [0.2, 0.25) is 5.13 Å². The standard InChI is InChI=1S/C25H20N4OS2/c1-16-8-7-11-18(14-16)27-24-28-29-25(32-24)31-23(17-9-3-2-4-10-17)22(30)20-15-26-21-13-6-5-12-19(20)21/h2-15,23,26H,1H3,(H,27,28). The molecule has 2 heterocycles. The molecular weight excluding hydrogens is 436 g/mol. The van der Waals surface area contributed by atoms with Crippen LogP contribution >= 0.6 is 23.1 Å². The van der Waals surface area contributed by atoms with Gasteiger partial charge in [-0.15, -0.1) is 10.2 Å². The molecule has 0 aliphatic carbocycles. The van der Waals surface area contributed by atoms with Crippen LogP contribution < -0.4 is 5.32 Å². The molecule has 2 N–H and O–H groups in total. The Labute approximate surface area is 193 Å². The van der Waals surface area contributed by atoms with Crippen LogP contribution in [0.2, 0.25) is 0 Å². The van der Waals surface area contributed by atoms with Crippen molar-refractivity contribution in [3.63, 3.8) is 0 Å². The Balaban J connectivity index is 1.44. The quantitative estimate of drug-likeness (QED) is 0.208. The lowest BCUT2D eigenvalue weighted by Crippen LogP contribution is -2.09. The van der Waals surface area contributed by atoms with E-state index in [2.05, 4.69) is 26.6 Å². The third kappa shape index (κ3) is 4.30. The molecule has 32 heavy (non-hydrogen) atoms. The van der Waals surface area contributed by atoms with Gasteiger partial charge in [-0.1, -0.05) is 83.8 Å². The van der Waals surface area contributed by atoms with Crippen molar-refractivity contribution < 1.29 is 4.79 Å². The van der Waals surface area contributed by atoms with E-state index in [-0.39, 0.29) is 5.78 Å². The molecule has 0 saturated heterocycles. The molecule has 0 aliphatic rings. The van der Waals surface area contributed by atoms with Crippen molar-refractivity contribution in [3.8, 4) is 0 Å². The number of thioether (sulfide) groups is 1. The van der Waals surface area contributed by atoms with Gasteiger partial charge in [0.05, 0.1) is 0 Å². The summed E-state index contributed by atoms with van der Waals surface area (Å²) in [5, 5.41) is 13.1. The molecule has 5 rings (SSSR count). The fourth-order valence-corrected chi connectivity index (χ4v) is 5.60. The number of benzene rings is 3. The summed E-state index contributed by atoms with van der Waals surface area (Å²) in [5.41, 5.74) is 4.71. The van der Waals surface area contributed by atoms with Crippen molar-refractivity contribution >= 4 is 50.6 Å². The molecule has 0 amide bonds. The van der Waals surface area contributed by atoms with Crippen molar-refractivity contribution in [1.82, 2.24) is 15.2 Å². The number of nitrogens with zero attached hydrogens (tertiary/aromatic N) is 2. The molecular formula is C25H20N4OS2. The van der Waals surface area contributed by atoms with E-state index in [1.807, 2.05) is 79.7 Å². The molecule has 5 aromatic rings. The maximum atomic E-state index is 13.7. The monoisotopic (exact) mass is 456 g/mol. The van der Waals surface area contributed by atoms with Gasteiger partial charge in [-0.05, 0) is 36.2 Å². The highest BCUT2D eigenvalue weighted by molar-refractivity contribution is 8.02. The Morgan fingerprint density at radius 3 is 2.66 bits per heavy atom. The molecule has 3 aromatic carbocycles. The Bertz CT molecular complexity index is 1380. The van der Waals surface area contributed by atoms with Gasteiger partial charge < -0.3 is 10.3 Å². The number of aromatic amines is 1. The van der Waals surface area contributed by atoms with Crippen LogP contribution in [0.3, 0.4) is 0 Å². The molecule has 5 nitrogen and oxygen atoms in total. The lowest BCUT2D eigenvalue weighted by Gasteiger charge is -2.14. The number of aryl methyl sites for hydroxylation is 1. The molecule has 1 atom stereocenters. The predicted molar refractivity (Wildman–Crippen MR) is 132 cm³/mol. The van der Waals surface area contributed by atoms with Gasteiger partial charge in [0.15, 0.2) is 10.1 Å². The summed E-state index contributed by atoms with van der Waals surface area (Å²) < 4.78 is 0.738. The number of Topliss-reactive ketones (excluding diaryl/α,β-unsaturated/α-hetero) is 1. The van der Waals surface area contributed by atoms with Gasteiger partial charge in [0.1, 0.15) is 5.25 Å². The number of nitrogens with one attached hydrogen (secondary N) is 2. The number of ketones is 1. The van der Waals surface area contributed by atoms with E-state index >= 15 is 0 Å². The van der Waals surface area contributed by atoms with Crippen LogP contribution in [0.15, 0.2) is 89.4 Å². The van der Waals surface area contributed by atoms with Gasteiger partial charge in [-0.25, -0.2) is 0 Å². The highest BCUT2D eigenvalue weighted by atomic mass is 32.2. The number of hydrogen-bond acceptors (Lipinski definition) is 6. The fraction of sp³-hybridized carbons (Fsp3) is 0.0800. The van der Waals surface area contributed by atoms with Crippen LogP contribution in [0.5, 0.6) is 0 Å². The number of carbonyl (C=O) groups excluding carboxylic acids is 1. The second-order valence-electron chi connectivity index (χ2n) is 7.39. The van der Waals surface area contributed by atoms with Gasteiger partial charge in [-0.2, -0.15) is 0 Å². The number of para-hydroxylation sites is 1. The van der Waals surface area contributed by atoms with Gasteiger partial charge in [-0.3, -0.25) is 4.79 Å². The van der Waals surface area contributed by atoms with Crippen LogP contribution in [0, 0.1) is 6.92 Å². The van der Waals surface area contributed by atoms with E-state index in [4.69, 9.17) is 0 Å². The summed E-state index contributed by atoms with van der Waals surface area (Å²) in [5.74, 6) is 0.0436. The molecule has 0 radical (unpaired) electrons. The number of anilines is 2. The molecule has 7 heteroatoms. The highest BCUT2D eigenvalue weighted by Crippen LogP contribution is 2.41. The zero-order chi connectivity index (χ0) is 21.9. The second-order valence-corrected chi connectivity index (χ2v) is 9.72. The summed E-state index contributed by atoms with van der Waals surface area (Å²) >= 11 is 2.88. The van der Waals surface area contributed by atoms with E-state index in [0.29, 0.717) is 10.7 Å². The lowest BCUT2D eigenvalue weighted by atomic mass is 10.0. The molecule has 0 bridgehead atoms. The summed E-state index contributed by atoms with van der Waals surface area (Å²) in [6.45, 7) is 2.05. The summed E-state index contributed by atoms with van der Waals surface area (Å²) in [4.78, 5) is 16.9. The van der Waals surface area contributed by atoms with E-state index in [1.54, 1.807) is 6.20 Å². The van der Waals surface area contributed by atoms with E-state index in [9.17, 15) is 4.79 Å². The number of hydrogen-bond donors (Lipinski definition) is 2. The van der Waals surface area contributed by atoms with Crippen molar-refractivity contribution in [2.45, 2.75) is 16.5 Å². The number of aromatic nitrogens is 3. The van der Waals surface area contributed by atoms with Crippen LogP contribution in [0.1, 0.15) is 26.7 Å². The summed E-state index contributed by atoms with van der Waals surface area (Å²) in [7, 11) is 0. The Morgan fingerprint density at radius 1 is 1.00 bits per heavy atom. The zero-order valence-electron chi connectivity index (χ0n) is 17.3. The molecule has 2 aromatic heterocycles. The van der Waals surface area contributed by atoms with Crippen LogP contribution in [-0.4, -0.2) is 21.0 Å². The van der Waals surface area contributed by atoms with Crippen molar-refractivity contribution in [3.05, 3.63) is 102 Å². The largest absolute Gasteiger partial charge is 0.360 e. The Kier molecular flexibility index (Phi) is 5.75. The SMILES string of the molecule is Cc1cccc(Nc2nnc(SC(C(=O)c3c[nH]c4ccccc34)c3ccccc3)s2)c1. The van der Waals surface area contributed by atoms with E-state index in [1.165, 1.54) is 28.7 Å². The molecule has 0 fully saturated rings. The minimum absolute atomic E-state index is 0.0436. The molecule has 0 saturated carbocycles. The van der Waals surface area contributed by atoms with Gasteiger partial charge in [0.25, 0.3) is 0 Å².